The summed E-state index contributed by atoms with van der Waals surface area (Å²) < 4.78 is 16.7. The van der Waals surface area contributed by atoms with Crippen molar-refractivity contribution >= 4 is 11.0 Å². The van der Waals surface area contributed by atoms with Gasteiger partial charge in [0.15, 0.2) is 11.5 Å². The van der Waals surface area contributed by atoms with E-state index in [0.717, 1.165) is 33.8 Å². The second-order valence-electron chi connectivity index (χ2n) is 4.19. The van der Waals surface area contributed by atoms with Crippen LogP contribution < -0.4 is 9.47 Å². The highest BCUT2D eigenvalue weighted by atomic mass is 16.7. The quantitative estimate of drug-likeness (QED) is 0.645. The van der Waals surface area contributed by atoms with E-state index < -0.39 is 0 Å². The van der Waals surface area contributed by atoms with Gasteiger partial charge in [0.05, 0.1) is 5.56 Å². The lowest BCUT2D eigenvalue weighted by Gasteiger charge is -2.01. The summed E-state index contributed by atoms with van der Waals surface area (Å²) in [7, 11) is 0. The number of para-hydroxylation sites is 2. The van der Waals surface area contributed by atoms with Crippen LogP contribution in [0.2, 0.25) is 0 Å². The van der Waals surface area contributed by atoms with Crippen molar-refractivity contribution in [2.45, 2.75) is 0 Å². The Kier molecular flexibility index (Phi) is 1.88. The summed E-state index contributed by atoms with van der Waals surface area (Å²) in [5.74, 6) is 2.34. The lowest BCUT2D eigenvalue weighted by molar-refractivity contribution is 0.174. The summed E-state index contributed by atoms with van der Waals surface area (Å²) >= 11 is 0. The Labute approximate surface area is 104 Å². The molecule has 0 atom stereocenters. The van der Waals surface area contributed by atoms with Crippen LogP contribution in [0.15, 0.2) is 52.9 Å². The first-order valence-electron chi connectivity index (χ1n) is 5.79. The van der Waals surface area contributed by atoms with E-state index in [2.05, 4.69) is 0 Å². The molecule has 2 aromatic carbocycles. The molecule has 0 saturated heterocycles. The van der Waals surface area contributed by atoms with Crippen molar-refractivity contribution in [3.05, 3.63) is 48.5 Å². The molecule has 3 heteroatoms. The summed E-state index contributed by atoms with van der Waals surface area (Å²) in [5.41, 5.74) is 1.81. The number of furan rings is 1. The Bertz CT molecular complexity index is 694. The molecule has 3 nitrogen and oxygen atoms in total. The Morgan fingerprint density at radius 3 is 2.78 bits per heavy atom. The van der Waals surface area contributed by atoms with Crippen LogP contribution in [0.25, 0.3) is 22.3 Å². The zero-order valence-corrected chi connectivity index (χ0v) is 9.55. The van der Waals surface area contributed by atoms with Gasteiger partial charge in [-0.05, 0) is 24.3 Å². The largest absolute Gasteiger partial charge is 0.456 e. The minimum atomic E-state index is 0.270. The van der Waals surface area contributed by atoms with Crippen LogP contribution in [0, 0.1) is 0 Å². The number of hydrogen-bond donors (Lipinski definition) is 0. The first-order chi connectivity index (χ1) is 8.92. The van der Waals surface area contributed by atoms with Crippen molar-refractivity contribution in [3.8, 4) is 22.8 Å². The maximum Gasteiger partial charge on any atom is 0.231 e. The van der Waals surface area contributed by atoms with Crippen molar-refractivity contribution in [2.24, 2.45) is 0 Å². The van der Waals surface area contributed by atoms with Crippen LogP contribution in [-0.2, 0) is 0 Å². The van der Waals surface area contributed by atoms with E-state index >= 15 is 0 Å². The van der Waals surface area contributed by atoms with Crippen molar-refractivity contribution in [1.82, 2.24) is 0 Å². The van der Waals surface area contributed by atoms with E-state index in [1.165, 1.54) is 0 Å². The zero-order chi connectivity index (χ0) is 11.9. The zero-order valence-electron chi connectivity index (χ0n) is 9.55. The molecular formula is C15H10O3. The molecule has 0 saturated carbocycles. The second kappa shape index (κ2) is 3.53. The van der Waals surface area contributed by atoms with E-state index in [9.17, 15) is 0 Å². The Morgan fingerprint density at radius 2 is 1.83 bits per heavy atom. The molecule has 3 aromatic rings. The van der Waals surface area contributed by atoms with Gasteiger partial charge in [0, 0.05) is 5.39 Å². The molecule has 0 N–H and O–H groups in total. The molecule has 0 fully saturated rings. The molecule has 1 aromatic heterocycles. The van der Waals surface area contributed by atoms with E-state index in [0.29, 0.717) is 0 Å². The molecule has 0 unspecified atom stereocenters. The SMILES string of the molecule is c1cc2c(c(-c3cc4ccccc4o3)c1)OCO2. The fourth-order valence-corrected chi connectivity index (χ4v) is 2.24. The van der Waals surface area contributed by atoms with Gasteiger partial charge in [0.1, 0.15) is 11.3 Å². The summed E-state index contributed by atoms with van der Waals surface area (Å²) in [4.78, 5) is 0. The van der Waals surface area contributed by atoms with Gasteiger partial charge in [-0.25, -0.2) is 0 Å². The van der Waals surface area contributed by atoms with Gasteiger partial charge < -0.3 is 13.9 Å². The normalized spacial score (nSPS) is 13.1. The fraction of sp³-hybridized carbons (Fsp3) is 0.0667. The lowest BCUT2D eigenvalue weighted by atomic mass is 10.1. The molecule has 1 aliphatic heterocycles. The molecule has 2 heterocycles. The monoisotopic (exact) mass is 238 g/mol. The van der Waals surface area contributed by atoms with Crippen LogP contribution in [0.4, 0.5) is 0 Å². The van der Waals surface area contributed by atoms with Crippen molar-refractivity contribution in [2.75, 3.05) is 6.79 Å². The molecule has 1 aliphatic rings. The van der Waals surface area contributed by atoms with Gasteiger partial charge in [-0.3, -0.25) is 0 Å². The predicted molar refractivity (Wildman–Crippen MR) is 67.8 cm³/mol. The third kappa shape index (κ3) is 1.31. The van der Waals surface area contributed by atoms with Gasteiger partial charge >= 0.3 is 0 Å². The van der Waals surface area contributed by atoms with E-state index in [1.807, 2.05) is 48.5 Å². The number of hydrogen-bond acceptors (Lipinski definition) is 3. The molecule has 18 heavy (non-hydrogen) atoms. The van der Waals surface area contributed by atoms with Gasteiger partial charge in [-0.1, -0.05) is 24.3 Å². The lowest BCUT2D eigenvalue weighted by Crippen LogP contribution is -1.93. The first-order valence-corrected chi connectivity index (χ1v) is 5.79. The van der Waals surface area contributed by atoms with E-state index in [4.69, 9.17) is 13.9 Å². The molecule has 0 spiro atoms. The number of fused-ring (bicyclic) bond motifs is 2. The van der Waals surface area contributed by atoms with E-state index in [1.54, 1.807) is 0 Å². The topological polar surface area (TPSA) is 31.6 Å². The first kappa shape index (κ1) is 9.59. The van der Waals surface area contributed by atoms with Gasteiger partial charge in [-0.15, -0.1) is 0 Å². The van der Waals surface area contributed by atoms with Crippen LogP contribution in [0.1, 0.15) is 0 Å². The maximum atomic E-state index is 5.84. The molecule has 0 bridgehead atoms. The molecule has 4 rings (SSSR count). The minimum absolute atomic E-state index is 0.270. The highest BCUT2D eigenvalue weighted by Gasteiger charge is 2.20. The van der Waals surface area contributed by atoms with Gasteiger partial charge in [0.2, 0.25) is 6.79 Å². The molecular weight excluding hydrogens is 228 g/mol. The Morgan fingerprint density at radius 1 is 0.889 bits per heavy atom. The maximum absolute atomic E-state index is 5.84. The summed E-state index contributed by atoms with van der Waals surface area (Å²) in [6.07, 6.45) is 0. The summed E-state index contributed by atoms with van der Waals surface area (Å²) in [6, 6.07) is 15.8. The third-order valence-corrected chi connectivity index (χ3v) is 3.09. The summed E-state index contributed by atoms with van der Waals surface area (Å²) in [6.45, 7) is 0.270. The highest BCUT2D eigenvalue weighted by Crippen LogP contribution is 2.42. The number of rotatable bonds is 1. The smallest absolute Gasteiger partial charge is 0.231 e. The highest BCUT2D eigenvalue weighted by molar-refractivity contribution is 5.84. The van der Waals surface area contributed by atoms with Gasteiger partial charge in [0.25, 0.3) is 0 Å². The van der Waals surface area contributed by atoms with Crippen molar-refractivity contribution in [3.63, 3.8) is 0 Å². The van der Waals surface area contributed by atoms with Crippen LogP contribution in [-0.4, -0.2) is 6.79 Å². The van der Waals surface area contributed by atoms with Gasteiger partial charge in [-0.2, -0.15) is 0 Å². The van der Waals surface area contributed by atoms with Crippen LogP contribution in [0.3, 0.4) is 0 Å². The van der Waals surface area contributed by atoms with E-state index in [-0.39, 0.29) is 6.79 Å². The molecule has 0 amide bonds. The molecule has 0 radical (unpaired) electrons. The predicted octanol–water partition coefficient (Wildman–Crippen LogP) is 3.83. The fourth-order valence-electron chi connectivity index (χ4n) is 2.24. The summed E-state index contributed by atoms with van der Waals surface area (Å²) in [5, 5.41) is 1.09. The standard InChI is InChI=1S/C15H10O3/c1-2-6-12-10(4-1)8-14(18-12)11-5-3-7-13-15(11)17-9-16-13/h1-8H,9H2. The average molecular weight is 238 g/mol. The Hall–Kier alpha value is -2.42. The van der Waals surface area contributed by atoms with Crippen LogP contribution >= 0.6 is 0 Å². The van der Waals surface area contributed by atoms with Crippen molar-refractivity contribution < 1.29 is 13.9 Å². The number of ether oxygens (including phenoxy) is 2. The average Bonchev–Trinajstić information content (AvgIpc) is 3.04. The Balaban J connectivity index is 1.95. The third-order valence-electron chi connectivity index (χ3n) is 3.09. The molecule has 88 valence electrons. The van der Waals surface area contributed by atoms with Crippen LogP contribution in [0.5, 0.6) is 11.5 Å². The minimum Gasteiger partial charge on any atom is -0.456 e. The van der Waals surface area contributed by atoms with Crippen molar-refractivity contribution in [1.29, 1.82) is 0 Å². The second-order valence-corrected chi connectivity index (χ2v) is 4.19. The molecule has 0 aliphatic carbocycles. The number of benzene rings is 2.